The molecule has 0 aromatic heterocycles. The molecule has 0 amide bonds. The van der Waals surface area contributed by atoms with Gasteiger partial charge in [0.25, 0.3) is 0 Å². The molecule has 0 atom stereocenters. The van der Waals surface area contributed by atoms with E-state index in [2.05, 4.69) is 11.4 Å². The molecule has 2 N–H and O–H groups in total. The molecular formula is C11H14BrNO. The Morgan fingerprint density at radius 2 is 2.14 bits per heavy atom. The number of hydrogen-bond donors (Lipinski definition) is 2. The SMILES string of the molecule is Br.Oc1cccc(C2=CCCNC2)c1. The van der Waals surface area contributed by atoms with E-state index in [9.17, 15) is 5.11 Å². The van der Waals surface area contributed by atoms with Crippen LogP contribution in [0.3, 0.4) is 0 Å². The Bertz CT molecular complexity index is 336. The molecule has 2 nitrogen and oxygen atoms in total. The predicted molar refractivity (Wildman–Crippen MR) is 63.9 cm³/mol. The van der Waals surface area contributed by atoms with Gasteiger partial charge in [0.15, 0.2) is 0 Å². The molecule has 3 heteroatoms. The molecule has 0 fully saturated rings. The fraction of sp³-hybridized carbons (Fsp3) is 0.273. The van der Waals surface area contributed by atoms with E-state index in [0.717, 1.165) is 25.1 Å². The van der Waals surface area contributed by atoms with Gasteiger partial charge in [-0.15, -0.1) is 17.0 Å². The number of aromatic hydroxyl groups is 1. The van der Waals surface area contributed by atoms with Crippen LogP contribution in [0.5, 0.6) is 5.75 Å². The maximum Gasteiger partial charge on any atom is 0.116 e. The standard InChI is InChI=1S/C11H13NO.BrH/c13-11-5-1-3-9(7-11)10-4-2-6-12-8-10;/h1,3-5,7,12-13H,2,6,8H2;1H. The van der Waals surface area contributed by atoms with Gasteiger partial charge in [0.1, 0.15) is 5.75 Å². The zero-order chi connectivity index (χ0) is 9.10. The second-order valence-electron chi connectivity index (χ2n) is 3.25. The topological polar surface area (TPSA) is 32.3 Å². The third kappa shape index (κ3) is 2.59. The van der Waals surface area contributed by atoms with E-state index in [1.165, 1.54) is 5.57 Å². The van der Waals surface area contributed by atoms with Gasteiger partial charge in [-0.25, -0.2) is 0 Å². The first kappa shape index (κ1) is 11.3. The van der Waals surface area contributed by atoms with Crippen LogP contribution in [0.4, 0.5) is 0 Å². The zero-order valence-electron chi connectivity index (χ0n) is 7.86. The number of halogens is 1. The van der Waals surface area contributed by atoms with Crippen molar-refractivity contribution in [2.45, 2.75) is 6.42 Å². The van der Waals surface area contributed by atoms with Crippen LogP contribution in [0.1, 0.15) is 12.0 Å². The summed E-state index contributed by atoms with van der Waals surface area (Å²) in [5.74, 6) is 0.337. The summed E-state index contributed by atoms with van der Waals surface area (Å²) in [6.45, 7) is 1.96. The Hall–Kier alpha value is -0.800. The second kappa shape index (κ2) is 5.17. The molecular weight excluding hydrogens is 242 g/mol. The Morgan fingerprint density at radius 3 is 2.79 bits per heavy atom. The van der Waals surface area contributed by atoms with Crippen LogP contribution in [0.25, 0.3) is 5.57 Å². The van der Waals surface area contributed by atoms with E-state index in [1.54, 1.807) is 12.1 Å². The van der Waals surface area contributed by atoms with Crippen molar-refractivity contribution in [2.24, 2.45) is 0 Å². The van der Waals surface area contributed by atoms with Crippen LogP contribution in [0.15, 0.2) is 30.3 Å². The lowest BCUT2D eigenvalue weighted by Gasteiger charge is -2.14. The van der Waals surface area contributed by atoms with Crippen LogP contribution in [0.2, 0.25) is 0 Å². The van der Waals surface area contributed by atoms with Gasteiger partial charge in [0.05, 0.1) is 0 Å². The van der Waals surface area contributed by atoms with Crippen LogP contribution in [-0.2, 0) is 0 Å². The first-order valence-electron chi connectivity index (χ1n) is 4.55. The van der Waals surface area contributed by atoms with E-state index < -0.39 is 0 Å². The Kier molecular flexibility index (Phi) is 4.17. The van der Waals surface area contributed by atoms with Gasteiger partial charge in [-0.3, -0.25) is 0 Å². The van der Waals surface area contributed by atoms with Gasteiger partial charge in [0.2, 0.25) is 0 Å². The molecule has 76 valence electrons. The van der Waals surface area contributed by atoms with Crippen molar-refractivity contribution in [1.82, 2.24) is 5.32 Å². The normalized spacial score (nSPS) is 15.6. The summed E-state index contributed by atoms with van der Waals surface area (Å²) in [6, 6.07) is 7.40. The first-order chi connectivity index (χ1) is 6.36. The summed E-state index contributed by atoms with van der Waals surface area (Å²) in [7, 11) is 0. The highest BCUT2D eigenvalue weighted by molar-refractivity contribution is 8.93. The fourth-order valence-electron chi connectivity index (χ4n) is 1.57. The monoisotopic (exact) mass is 255 g/mol. The Balaban J connectivity index is 0.000000980. The van der Waals surface area contributed by atoms with Crippen LogP contribution < -0.4 is 5.32 Å². The maximum absolute atomic E-state index is 9.30. The third-order valence-electron chi connectivity index (χ3n) is 2.24. The van der Waals surface area contributed by atoms with E-state index in [1.807, 2.05) is 12.1 Å². The molecule has 0 aliphatic carbocycles. The molecule has 1 heterocycles. The number of benzene rings is 1. The summed E-state index contributed by atoms with van der Waals surface area (Å²) < 4.78 is 0. The Labute approximate surface area is 94.4 Å². The highest BCUT2D eigenvalue weighted by atomic mass is 79.9. The molecule has 14 heavy (non-hydrogen) atoms. The first-order valence-corrected chi connectivity index (χ1v) is 4.55. The van der Waals surface area contributed by atoms with Crippen molar-refractivity contribution < 1.29 is 5.11 Å². The Morgan fingerprint density at radius 1 is 1.29 bits per heavy atom. The van der Waals surface area contributed by atoms with E-state index in [4.69, 9.17) is 0 Å². The molecule has 0 saturated carbocycles. The van der Waals surface area contributed by atoms with Gasteiger partial charge < -0.3 is 10.4 Å². The molecule has 2 rings (SSSR count). The second-order valence-corrected chi connectivity index (χ2v) is 3.25. The zero-order valence-corrected chi connectivity index (χ0v) is 9.58. The van der Waals surface area contributed by atoms with Crippen LogP contribution in [0, 0.1) is 0 Å². The summed E-state index contributed by atoms with van der Waals surface area (Å²) in [5.41, 5.74) is 2.40. The fourth-order valence-corrected chi connectivity index (χ4v) is 1.57. The van der Waals surface area contributed by atoms with Crippen molar-refractivity contribution in [3.05, 3.63) is 35.9 Å². The van der Waals surface area contributed by atoms with Gasteiger partial charge in [0, 0.05) is 6.54 Å². The number of phenolic OH excluding ortho intramolecular Hbond substituents is 1. The van der Waals surface area contributed by atoms with Crippen molar-refractivity contribution in [3.63, 3.8) is 0 Å². The largest absolute Gasteiger partial charge is 0.508 e. The number of hydrogen-bond acceptors (Lipinski definition) is 2. The molecule has 1 aliphatic rings. The van der Waals surface area contributed by atoms with E-state index in [0.29, 0.717) is 5.75 Å². The minimum Gasteiger partial charge on any atom is -0.508 e. The maximum atomic E-state index is 9.30. The summed E-state index contributed by atoms with van der Waals surface area (Å²) in [6.07, 6.45) is 3.30. The van der Waals surface area contributed by atoms with Crippen molar-refractivity contribution >= 4 is 22.6 Å². The lowest BCUT2D eigenvalue weighted by atomic mass is 10.0. The minimum absolute atomic E-state index is 0. The highest BCUT2D eigenvalue weighted by Gasteiger charge is 2.05. The average Bonchev–Trinajstić information content (AvgIpc) is 2.19. The van der Waals surface area contributed by atoms with Crippen molar-refractivity contribution in [2.75, 3.05) is 13.1 Å². The summed E-state index contributed by atoms with van der Waals surface area (Å²) in [5, 5.41) is 12.6. The highest BCUT2D eigenvalue weighted by Crippen LogP contribution is 2.20. The van der Waals surface area contributed by atoms with E-state index >= 15 is 0 Å². The van der Waals surface area contributed by atoms with Gasteiger partial charge in [-0.05, 0) is 36.2 Å². The lowest BCUT2D eigenvalue weighted by Crippen LogP contribution is -2.21. The van der Waals surface area contributed by atoms with Gasteiger partial charge in [-0.2, -0.15) is 0 Å². The van der Waals surface area contributed by atoms with E-state index in [-0.39, 0.29) is 17.0 Å². The quantitative estimate of drug-likeness (QED) is 0.808. The molecule has 0 saturated heterocycles. The van der Waals surface area contributed by atoms with Crippen molar-refractivity contribution in [3.8, 4) is 5.75 Å². The number of nitrogens with one attached hydrogen (secondary N) is 1. The number of rotatable bonds is 1. The molecule has 1 aliphatic heterocycles. The smallest absolute Gasteiger partial charge is 0.116 e. The predicted octanol–water partition coefficient (Wildman–Crippen LogP) is 2.35. The molecule has 0 radical (unpaired) electrons. The van der Waals surface area contributed by atoms with Crippen molar-refractivity contribution in [1.29, 1.82) is 0 Å². The molecule has 1 aromatic carbocycles. The minimum atomic E-state index is 0. The summed E-state index contributed by atoms with van der Waals surface area (Å²) >= 11 is 0. The molecule has 0 spiro atoms. The van der Waals surface area contributed by atoms with Gasteiger partial charge >= 0.3 is 0 Å². The van der Waals surface area contributed by atoms with Gasteiger partial charge in [-0.1, -0.05) is 18.2 Å². The molecule has 0 bridgehead atoms. The van der Waals surface area contributed by atoms with Crippen LogP contribution >= 0.6 is 17.0 Å². The average molecular weight is 256 g/mol. The third-order valence-corrected chi connectivity index (χ3v) is 2.24. The summed E-state index contributed by atoms with van der Waals surface area (Å²) in [4.78, 5) is 0. The molecule has 1 aromatic rings. The number of phenols is 1. The lowest BCUT2D eigenvalue weighted by molar-refractivity contribution is 0.475. The molecule has 0 unspecified atom stereocenters. The van der Waals surface area contributed by atoms with Crippen LogP contribution in [-0.4, -0.2) is 18.2 Å².